The number of hydrazine groups is 1. The van der Waals surface area contributed by atoms with Gasteiger partial charge in [0, 0.05) is 176 Å². The van der Waals surface area contributed by atoms with E-state index in [0.717, 1.165) is 100 Å². The molecule has 0 spiro atoms. The zero-order valence-corrected chi connectivity index (χ0v) is 45.6. The Kier molecular flexibility index (Phi) is 20.1. The van der Waals surface area contributed by atoms with Gasteiger partial charge in [-0.15, -0.1) is 0 Å². The molecule has 0 aliphatic carbocycles. The summed E-state index contributed by atoms with van der Waals surface area (Å²) in [5, 5.41) is 5.27. The minimum atomic E-state index is -0.476. The number of hydrogen-bond donors (Lipinski definition) is 4. The zero-order chi connectivity index (χ0) is 54.3. The van der Waals surface area contributed by atoms with E-state index in [1.54, 1.807) is 44.3 Å². The van der Waals surface area contributed by atoms with Gasteiger partial charge < -0.3 is 55.0 Å². The maximum absolute atomic E-state index is 16.5. The Labute approximate surface area is 453 Å². The number of piperazine rings is 1. The van der Waals surface area contributed by atoms with E-state index in [0.29, 0.717) is 47.8 Å². The molecule has 6 N–H and O–H groups in total. The zero-order valence-electron chi connectivity index (χ0n) is 45.6. The molecule has 4 aliphatic heterocycles. The van der Waals surface area contributed by atoms with Crippen molar-refractivity contribution in [1.82, 2.24) is 29.7 Å². The van der Waals surface area contributed by atoms with Crippen LogP contribution in [0.4, 0.5) is 31.7 Å². The van der Waals surface area contributed by atoms with E-state index in [-0.39, 0.29) is 41.8 Å². The molecule has 3 aromatic carbocycles. The Bertz CT molecular complexity index is 2810. The van der Waals surface area contributed by atoms with E-state index in [9.17, 15) is 14.0 Å². The molecule has 16 nitrogen and oxygen atoms in total. The number of nitrogens with one attached hydrogen (secondary N) is 2. The van der Waals surface area contributed by atoms with Crippen molar-refractivity contribution in [2.24, 2.45) is 11.6 Å². The number of ether oxygens (including phenoxy) is 2. The Morgan fingerprint density at radius 3 is 2.44 bits per heavy atom. The van der Waals surface area contributed by atoms with Crippen LogP contribution in [0.5, 0.6) is 5.75 Å². The highest BCUT2D eigenvalue weighted by Gasteiger charge is 2.28. The normalized spacial score (nSPS) is 17.1. The van der Waals surface area contributed by atoms with Crippen molar-refractivity contribution in [2.45, 2.75) is 70.8 Å². The fourth-order valence-electron chi connectivity index (χ4n) is 11.0. The summed E-state index contributed by atoms with van der Waals surface area (Å²) in [6, 6.07) is 21.3. The van der Waals surface area contributed by atoms with Gasteiger partial charge in [-0.25, -0.2) is 19.6 Å². The molecule has 0 radical (unpaired) electrons. The van der Waals surface area contributed by atoms with Gasteiger partial charge in [0.2, 0.25) is 5.91 Å². The molecule has 0 unspecified atom stereocenters. The number of hydrogen-bond acceptors (Lipinski definition) is 13. The SMILES string of the molecule is CCOCCN1CCN(c2ccc(-c3cc(C4=CCCN(C(=O)CCN(N)/C=C\N)C4)c(F)c4[nH]c(C(=O)N(C)C)cc34)c(OC)c2)CC1.Fc1cccc(NCCC[C@@H]2CCCN2c2cc(N3CCCCC3)ccn2)c1. The Balaban J connectivity index is 0.000000236. The quantitative estimate of drug-likeness (QED) is 0.0333. The first kappa shape index (κ1) is 56.3. The predicted molar refractivity (Wildman–Crippen MR) is 306 cm³/mol. The second-order valence-electron chi connectivity index (χ2n) is 20.5. The van der Waals surface area contributed by atoms with Crippen LogP contribution in [0.25, 0.3) is 27.6 Å². The molecule has 4 aliphatic rings. The molecule has 5 aromatic rings. The third-order valence-electron chi connectivity index (χ3n) is 15.2. The summed E-state index contributed by atoms with van der Waals surface area (Å²) in [5.41, 5.74) is 11.7. The number of H-pyrrole nitrogens is 1. The Morgan fingerprint density at radius 1 is 0.896 bits per heavy atom. The first-order chi connectivity index (χ1) is 37.4. The van der Waals surface area contributed by atoms with E-state index in [1.807, 2.05) is 43.5 Å². The Morgan fingerprint density at radius 2 is 1.69 bits per heavy atom. The number of carbonyl (C=O) groups is 2. The third kappa shape index (κ3) is 14.6. The van der Waals surface area contributed by atoms with Crippen LogP contribution in [0.2, 0.25) is 0 Å². The van der Waals surface area contributed by atoms with E-state index in [4.69, 9.17) is 26.0 Å². The number of pyridine rings is 1. The first-order valence-electron chi connectivity index (χ1n) is 27.6. The number of aromatic nitrogens is 2. The van der Waals surface area contributed by atoms with Crippen molar-refractivity contribution in [3.8, 4) is 16.9 Å². The van der Waals surface area contributed by atoms with Crippen molar-refractivity contribution in [1.29, 1.82) is 0 Å². The number of anilines is 4. The topological polar surface area (TPSA) is 168 Å². The maximum Gasteiger partial charge on any atom is 0.269 e. The van der Waals surface area contributed by atoms with Gasteiger partial charge in [-0.2, -0.15) is 0 Å². The van der Waals surface area contributed by atoms with Gasteiger partial charge in [0.15, 0.2) is 5.82 Å². The molecular weight excluding hydrogens is 979 g/mol. The van der Waals surface area contributed by atoms with Crippen LogP contribution in [0.3, 0.4) is 0 Å². The van der Waals surface area contributed by atoms with Gasteiger partial charge in [-0.3, -0.25) is 14.5 Å². The van der Waals surface area contributed by atoms with Crippen molar-refractivity contribution in [3.63, 3.8) is 0 Å². The minimum absolute atomic E-state index is 0.0840. The van der Waals surface area contributed by atoms with Gasteiger partial charge in [0.1, 0.15) is 23.1 Å². The maximum atomic E-state index is 16.5. The van der Waals surface area contributed by atoms with E-state index >= 15 is 4.39 Å². The molecule has 77 heavy (non-hydrogen) atoms. The van der Waals surface area contributed by atoms with Gasteiger partial charge in [0.25, 0.3) is 5.91 Å². The molecule has 2 amide bonds. The Hall–Kier alpha value is -6.89. The summed E-state index contributed by atoms with van der Waals surface area (Å²) in [7, 11) is 4.95. The number of halogens is 2. The summed E-state index contributed by atoms with van der Waals surface area (Å²) < 4.78 is 41.3. The van der Waals surface area contributed by atoms with E-state index in [1.165, 1.54) is 79.3 Å². The molecule has 6 heterocycles. The largest absolute Gasteiger partial charge is 0.496 e. The van der Waals surface area contributed by atoms with Crippen LogP contribution >= 0.6 is 0 Å². The number of carbonyl (C=O) groups excluding carboxylic acids is 2. The summed E-state index contributed by atoms with van der Waals surface area (Å²) in [4.78, 5) is 46.8. The number of piperidine rings is 1. The second kappa shape index (κ2) is 27.4. The van der Waals surface area contributed by atoms with Gasteiger partial charge in [-0.1, -0.05) is 12.1 Å². The number of aromatic amines is 1. The van der Waals surface area contributed by atoms with Crippen molar-refractivity contribution in [2.75, 3.05) is 133 Å². The lowest BCUT2D eigenvalue weighted by atomic mass is 9.92. The summed E-state index contributed by atoms with van der Waals surface area (Å²) in [5.74, 6) is 6.61. The molecule has 3 fully saturated rings. The minimum Gasteiger partial charge on any atom is -0.496 e. The smallest absolute Gasteiger partial charge is 0.269 e. The molecule has 2 aromatic heterocycles. The highest BCUT2D eigenvalue weighted by atomic mass is 19.1. The number of benzene rings is 3. The van der Waals surface area contributed by atoms with Crippen LogP contribution in [0, 0.1) is 11.6 Å². The van der Waals surface area contributed by atoms with Gasteiger partial charge in [0.05, 0.1) is 19.2 Å². The molecule has 0 bridgehead atoms. The van der Waals surface area contributed by atoms with Crippen LogP contribution in [-0.2, 0) is 9.53 Å². The van der Waals surface area contributed by atoms with Crippen LogP contribution < -0.4 is 36.3 Å². The molecule has 414 valence electrons. The number of methoxy groups -OCH3 is 1. The third-order valence-corrected chi connectivity index (χ3v) is 15.2. The first-order valence-corrected chi connectivity index (χ1v) is 27.6. The monoisotopic (exact) mass is 1060 g/mol. The molecule has 18 heteroatoms. The van der Waals surface area contributed by atoms with Gasteiger partial charge in [-0.05, 0) is 118 Å². The van der Waals surface area contributed by atoms with Crippen LogP contribution in [0.1, 0.15) is 80.8 Å². The number of amides is 2. The standard InChI is InChI=1S/C36H49FN8O4.C23H31FN4/c1-5-49-20-19-42-15-17-43(18-16-42)26-8-9-27(32(21-26)48-4)29-22-28(34(37)35-30(29)23-31(40-35)36(47)41(2)3)25-7-6-12-44(24-25)33(46)10-13-45(39)14-11-38;24-19-7-4-8-20(17-19)25-12-5-9-21-10-6-16-28(21)23-18-22(11-13-26-23)27-14-2-1-3-15-27/h7-9,11,14,21-23,40H,5-6,10,12-13,15-20,24,38-39H2,1-4H3;4,7-8,11,13,17-18,21,25H,1-3,5-6,9-10,12,14-16H2/b14-11-;/t;21-/m.1/s1. The highest BCUT2D eigenvalue weighted by Crippen LogP contribution is 2.42. The predicted octanol–water partition coefficient (Wildman–Crippen LogP) is 8.53. The number of nitrogens with two attached hydrogens (primary N) is 2. The molecule has 1 atom stereocenters. The van der Waals surface area contributed by atoms with E-state index < -0.39 is 5.82 Å². The number of nitrogens with zero attached hydrogens (tertiary/aromatic N) is 8. The van der Waals surface area contributed by atoms with Crippen molar-refractivity contribution >= 4 is 51.2 Å². The molecule has 3 saturated heterocycles. The van der Waals surface area contributed by atoms with Crippen LogP contribution in [0.15, 0.2) is 91.4 Å². The molecule has 9 rings (SSSR count). The number of fused-ring (bicyclic) bond motifs is 1. The van der Waals surface area contributed by atoms with Crippen molar-refractivity contribution < 1.29 is 27.8 Å². The van der Waals surface area contributed by atoms with E-state index in [2.05, 4.69) is 48.1 Å². The molecular formula is C59H80F2N12O4. The fraction of sp³-hybridized carbons (Fsp3) is 0.475. The second-order valence-corrected chi connectivity index (χ2v) is 20.5. The van der Waals surface area contributed by atoms with Crippen molar-refractivity contribution in [3.05, 3.63) is 114 Å². The van der Waals surface area contributed by atoms with Gasteiger partial charge >= 0.3 is 0 Å². The van der Waals surface area contributed by atoms with Crippen LogP contribution in [-0.4, -0.2) is 160 Å². The average molecular weight is 1060 g/mol. The molecule has 0 saturated carbocycles. The highest BCUT2D eigenvalue weighted by molar-refractivity contribution is 6.05. The lowest BCUT2D eigenvalue weighted by molar-refractivity contribution is -0.130. The average Bonchev–Trinajstić information content (AvgIpc) is 4.13. The lowest BCUT2D eigenvalue weighted by Crippen LogP contribution is -2.47. The summed E-state index contributed by atoms with van der Waals surface area (Å²) in [6.45, 7) is 13.4. The number of rotatable bonds is 20. The lowest BCUT2D eigenvalue weighted by Gasteiger charge is -2.36. The summed E-state index contributed by atoms with van der Waals surface area (Å²) in [6.07, 6.45) is 16.2. The fourth-order valence-corrected chi connectivity index (χ4v) is 11.0. The summed E-state index contributed by atoms with van der Waals surface area (Å²) >= 11 is 0.